The third kappa shape index (κ3) is 5.10. The molecule has 0 saturated carbocycles. The molecule has 188 valence electrons. The number of likely N-dealkylation sites (N-methyl/N-ethyl adjacent to an activating group) is 1. The Labute approximate surface area is 221 Å². The van der Waals surface area contributed by atoms with Gasteiger partial charge in [0.1, 0.15) is 0 Å². The summed E-state index contributed by atoms with van der Waals surface area (Å²) in [5.41, 5.74) is 11.7. The SMILES string of the molecule is C=CC/C=C\CCc1c2c(n(-c3ccc(-c4ccnc(-c5ccccc5)c4)cc3)c1C)C(C)N(C)CC2. The first-order valence-corrected chi connectivity index (χ1v) is 13.4. The smallest absolute Gasteiger partial charge is 0.0708 e. The summed E-state index contributed by atoms with van der Waals surface area (Å²) in [4.78, 5) is 7.08. The molecule has 2 aromatic heterocycles. The quantitative estimate of drug-likeness (QED) is 0.234. The van der Waals surface area contributed by atoms with E-state index in [2.05, 4.69) is 115 Å². The monoisotopic (exact) mass is 487 g/mol. The topological polar surface area (TPSA) is 21.1 Å². The second-order valence-corrected chi connectivity index (χ2v) is 10.0. The highest BCUT2D eigenvalue weighted by Crippen LogP contribution is 2.38. The molecule has 1 aliphatic rings. The summed E-state index contributed by atoms with van der Waals surface area (Å²) in [6.07, 6.45) is 12.6. The van der Waals surface area contributed by atoms with Crippen molar-refractivity contribution < 1.29 is 0 Å². The molecular formula is C34H37N3. The van der Waals surface area contributed by atoms with Crippen LogP contribution >= 0.6 is 0 Å². The van der Waals surface area contributed by atoms with E-state index in [1.165, 1.54) is 33.8 Å². The fraction of sp³-hybridized carbons (Fsp3) is 0.265. The molecule has 37 heavy (non-hydrogen) atoms. The summed E-state index contributed by atoms with van der Waals surface area (Å²) < 4.78 is 2.52. The minimum atomic E-state index is 0.390. The Balaban J connectivity index is 1.49. The van der Waals surface area contributed by atoms with Crippen molar-refractivity contribution >= 4 is 0 Å². The van der Waals surface area contributed by atoms with Crippen molar-refractivity contribution in [3.8, 4) is 28.1 Å². The molecule has 0 spiro atoms. The fourth-order valence-corrected chi connectivity index (χ4v) is 5.61. The lowest BCUT2D eigenvalue weighted by Gasteiger charge is -2.32. The molecule has 3 nitrogen and oxygen atoms in total. The van der Waals surface area contributed by atoms with E-state index in [0.717, 1.165) is 43.5 Å². The van der Waals surface area contributed by atoms with Crippen molar-refractivity contribution in [2.24, 2.45) is 0 Å². The lowest BCUT2D eigenvalue weighted by Crippen LogP contribution is -2.31. The molecule has 1 atom stereocenters. The first kappa shape index (κ1) is 25.0. The normalized spacial score (nSPS) is 15.7. The Morgan fingerprint density at radius 1 is 0.973 bits per heavy atom. The van der Waals surface area contributed by atoms with Gasteiger partial charge < -0.3 is 4.57 Å². The van der Waals surface area contributed by atoms with Crippen LogP contribution in [-0.4, -0.2) is 28.0 Å². The number of pyridine rings is 1. The molecule has 0 saturated heterocycles. The number of hydrogen-bond donors (Lipinski definition) is 0. The van der Waals surface area contributed by atoms with E-state index < -0.39 is 0 Å². The van der Waals surface area contributed by atoms with Crippen molar-refractivity contribution in [2.45, 2.75) is 45.6 Å². The van der Waals surface area contributed by atoms with Gasteiger partial charge in [0.2, 0.25) is 0 Å². The third-order valence-electron chi connectivity index (χ3n) is 7.78. The second kappa shape index (κ2) is 11.1. The molecule has 5 rings (SSSR count). The Morgan fingerprint density at radius 3 is 2.51 bits per heavy atom. The first-order chi connectivity index (χ1) is 18.1. The van der Waals surface area contributed by atoms with Gasteiger partial charge in [-0.25, -0.2) is 0 Å². The molecule has 1 unspecified atom stereocenters. The van der Waals surface area contributed by atoms with Crippen molar-refractivity contribution in [3.63, 3.8) is 0 Å². The highest BCUT2D eigenvalue weighted by atomic mass is 15.2. The van der Waals surface area contributed by atoms with Crippen molar-refractivity contribution in [3.05, 3.63) is 120 Å². The maximum Gasteiger partial charge on any atom is 0.0708 e. The maximum atomic E-state index is 4.60. The lowest BCUT2D eigenvalue weighted by molar-refractivity contribution is 0.240. The predicted octanol–water partition coefficient (Wildman–Crippen LogP) is 8.13. The largest absolute Gasteiger partial charge is 0.316 e. The summed E-state index contributed by atoms with van der Waals surface area (Å²) in [7, 11) is 2.24. The minimum Gasteiger partial charge on any atom is -0.316 e. The zero-order valence-electron chi connectivity index (χ0n) is 22.3. The van der Waals surface area contributed by atoms with Gasteiger partial charge in [0.05, 0.1) is 5.69 Å². The Morgan fingerprint density at radius 2 is 1.76 bits per heavy atom. The number of allylic oxidation sites excluding steroid dienone is 3. The van der Waals surface area contributed by atoms with E-state index in [0.29, 0.717) is 6.04 Å². The van der Waals surface area contributed by atoms with Crippen LogP contribution in [0.1, 0.15) is 48.3 Å². The van der Waals surface area contributed by atoms with E-state index >= 15 is 0 Å². The van der Waals surface area contributed by atoms with Crippen LogP contribution < -0.4 is 0 Å². The van der Waals surface area contributed by atoms with Gasteiger partial charge in [-0.15, -0.1) is 6.58 Å². The van der Waals surface area contributed by atoms with Gasteiger partial charge in [0.15, 0.2) is 0 Å². The highest BCUT2D eigenvalue weighted by molar-refractivity contribution is 5.71. The van der Waals surface area contributed by atoms with Crippen molar-refractivity contribution in [1.82, 2.24) is 14.5 Å². The van der Waals surface area contributed by atoms with Gasteiger partial charge in [0, 0.05) is 41.4 Å². The molecule has 0 amide bonds. The summed E-state index contributed by atoms with van der Waals surface area (Å²) in [6.45, 7) is 9.58. The zero-order valence-corrected chi connectivity index (χ0v) is 22.3. The minimum absolute atomic E-state index is 0.390. The lowest BCUT2D eigenvalue weighted by atomic mass is 9.95. The number of rotatable bonds is 8. The second-order valence-electron chi connectivity index (χ2n) is 10.0. The van der Waals surface area contributed by atoms with Gasteiger partial charge in [-0.2, -0.15) is 0 Å². The Hall–Kier alpha value is -3.69. The van der Waals surface area contributed by atoms with Crippen LogP contribution in [0.4, 0.5) is 0 Å². The number of hydrogen-bond acceptors (Lipinski definition) is 2. The van der Waals surface area contributed by atoms with Crippen LogP contribution in [-0.2, 0) is 12.8 Å². The average molecular weight is 488 g/mol. The van der Waals surface area contributed by atoms with Gasteiger partial charge >= 0.3 is 0 Å². The molecule has 2 aromatic carbocycles. The highest BCUT2D eigenvalue weighted by Gasteiger charge is 2.30. The van der Waals surface area contributed by atoms with E-state index in [1.54, 1.807) is 5.56 Å². The standard InChI is InChI=1S/C34H37N3/c1-5-6-7-8-12-15-31-25(2)37(34-26(3)36(4)23-21-32(31)34)30-18-16-27(17-19-30)29-20-22-35-33(24-29)28-13-10-9-11-14-28/h5,7-11,13-14,16-20,22,24,26H,1,6,12,15,21,23H2,2-4H3/b8-7-. The van der Waals surface area contributed by atoms with Crippen LogP contribution in [0, 0.1) is 6.92 Å². The number of benzene rings is 2. The molecule has 3 heteroatoms. The average Bonchev–Trinajstić information content (AvgIpc) is 3.23. The molecule has 0 radical (unpaired) electrons. The maximum absolute atomic E-state index is 4.60. The molecule has 0 aliphatic carbocycles. The zero-order chi connectivity index (χ0) is 25.8. The predicted molar refractivity (Wildman–Crippen MR) is 156 cm³/mol. The van der Waals surface area contributed by atoms with Crippen LogP contribution in [0.15, 0.2) is 97.7 Å². The van der Waals surface area contributed by atoms with Gasteiger partial charge in [-0.3, -0.25) is 9.88 Å². The van der Waals surface area contributed by atoms with E-state index in [4.69, 9.17) is 0 Å². The van der Waals surface area contributed by atoms with Crippen LogP contribution in [0.2, 0.25) is 0 Å². The van der Waals surface area contributed by atoms with Crippen LogP contribution in [0.25, 0.3) is 28.1 Å². The van der Waals surface area contributed by atoms with Gasteiger partial charge in [-0.05, 0) is 93.1 Å². The van der Waals surface area contributed by atoms with E-state index in [9.17, 15) is 0 Å². The summed E-state index contributed by atoms with van der Waals surface area (Å²) in [5.74, 6) is 0. The molecule has 4 aromatic rings. The Kier molecular flexibility index (Phi) is 7.52. The summed E-state index contributed by atoms with van der Waals surface area (Å²) in [6, 6.07) is 24.1. The van der Waals surface area contributed by atoms with E-state index in [-0.39, 0.29) is 0 Å². The number of aromatic nitrogens is 2. The fourth-order valence-electron chi connectivity index (χ4n) is 5.61. The van der Waals surface area contributed by atoms with Gasteiger partial charge in [0.25, 0.3) is 0 Å². The number of fused-ring (bicyclic) bond motifs is 1. The molecule has 0 N–H and O–H groups in total. The molecule has 3 heterocycles. The van der Waals surface area contributed by atoms with Crippen molar-refractivity contribution in [2.75, 3.05) is 13.6 Å². The first-order valence-electron chi connectivity index (χ1n) is 13.4. The summed E-state index contributed by atoms with van der Waals surface area (Å²) >= 11 is 0. The number of nitrogens with zero attached hydrogens (tertiary/aromatic N) is 3. The van der Waals surface area contributed by atoms with E-state index in [1.807, 2.05) is 18.3 Å². The summed E-state index contributed by atoms with van der Waals surface area (Å²) in [5, 5.41) is 0. The van der Waals surface area contributed by atoms with Crippen LogP contribution in [0.5, 0.6) is 0 Å². The third-order valence-corrected chi connectivity index (χ3v) is 7.78. The molecule has 0 fully saturated rings. The van der Waals surface area contributed by atoms with Gasteiger partial charge in [-0.1, -0.05) is 60.7 Å². The molecule has 0 bridgehead atoms. The molecular weight excluding hydrogens is 450 g/mol. The van der Waals surface area contributed by atoms with Crippen molar-refractivity contribution in [1.29, 1.82) is 0 Å². The van der Waals surface area contributed by atoms with Crippen LogP contribution in [0.3, 0.4) is 0 Å². The molecule has 1 aliphatic heterocycles. The Bertz CT molecular complexity index is 1390.